The molecule has 2 unspecified atom stereocenters. The van der Waals surface area contributed by atoms with Crippen molar-refractivity contribution in [3.63, 3.8) is 0 Å². The van der Waals surface area contributed by atoms with E-state index in [4.69, 9.17) is 10.5 Å². The maximum Gasteiger partial charge on any atom is 0.239 e. The highest BCUT2D eigenvalue weighted by Gasteiger charge is 2.26. The Morgan fingerprint density at radius 2 is 2.18 bits per heavy atom. The second kappa shape index (κ2) is 5.29. The Labute approximate surface area is 101 Å². The molecule has 4 heteroatoms. The van der Waals surface area contributed by atoms with Gasteiger partial charge in [-0.15, -0.1) is 0 Å². The fourth-order valence-electron chi connectivity index (χ4n) is 2.01. The van der Waals surface area contributed by atoms with Crippen LogP contribution < -0.4 is 5.73 Å². The van der Waals surface area contributed by atoms with Crippen LogP contribution in [-0.4, -0.2) is 36.5 Å². The van der Waals surface area contributed by atoms with Crippen molar-refractivity contribution < 1.29 is 9.53 Å². The van der Waals surface area contributed by atoms with E-state index in [0.717, 1.165) is 5.56 Å². The highest BCUT2D eigenvalue weighted by Crippen LogP contribution is 2.22. The maximum atomic E-state index is 11.8. The predicted molar refractivity (Wildman–Crippen MR) is 65.4 cm³/mol. The van der Waals surface area contributed by atoms with E-state index in [1.165, 1.54) is 0 Å². The van der Waals surface area contributed by atoms with Gasteiger partial charge in [-0.2, -0.15) is 0 Å². The summed E-state index contributed by atoms with van der Waals surface area (Å²) in [6.07, 6.45) is -0.0346. The third kappa shape index (κ3) is 2.84. The summed E-state index contributed by atoms with van der Waals surface area (Å²) in [5, 5.41) is 0. The summed E-state index contributed by atoms with van der Waals surface area (Å²) in [5.74, 6) is -0.00534. The van der Waals surface area contributed by atoms with Gasteiger partial charge in [0.15, 0.2) is 0 Å². The van der Waals surface area contributed by atoms with E-state index in [0.29, 0.717) is 19.7 Å². The minimum Gasteiger partial charge on any atom is -0.370 e. The number of carbonyl (C=O) groups is 1. The fraction of sp³-hybridized carbons (Fsp3) is 0.462. The molecule has 1 aromatic rings. The number of hydrogen-bond acceptors (Lipinski definition) is 3. The Balaban J connectivity index is 2.05. The lowest BCUT2D eigenvalue weighted by molar-refractivity contribution is -0.140. The van der Waals surface area contributed by atoms with Gasteiger partial charge in [-0.05, 0) is 12.5 Å². The molecule has 4 nitrogen and oxygen atoms in total. The zero-order valence-electron chi connectivity index (χ0n) is 10.0. The van der Waals surface area contributed by atoms with Crippen LogP contribution in [0.3, 0.4) is 0 Å². The largest absolute Gasteiger partial charge is 0.370 e. The van der Waals surface area contributed by atoms with Crippen molar-refractivity contribution in [3.8, 4) is 0 Å². The first-order valence-electron chi connectivity index (χ1n) is 5.89. The monoisotopic (exact) mass is 234 g/mol. The minimum absolute atomic E-state index is 0.00534. The molecular weight excluding hydrogens is 216 g/mol. The number of carbonyl (C=O) groups excluding carboxylic acids is 1. The first kappa shape index (κ1) is 12.1. The maximum absolute atomic E-state index is 11.8. The molecule has 0 saturated carbocycles. The Morgan fingerprint density at radius 1 is 1.47 bits per heavy atom. The van der Waals surface area contributed by atoms with Crippen LogP contribution in [0.1, 0.15) is 18.6 Å². The quantitative estimate of drug-likeness (QED) is 0.828. The van der Waals surface area contributed by atoms with Crippen LogP contribution in [0.4, 0.5) is 0 Å². The number of nitrogens with zero attached hydrogens (tertiary/aromatic N) is 1. The predicted octanol–water partition coefficient (Wildman–Crippen LogP) is 0.934. The summed E-state index contributed by atoms with van der Waals surface area (Å²) in [4.78, 5) is 13.6. The van der Waals surface area contributed by atoms with Crippen molar-refractivity contribution in [2.75, 3.05) is 19.7 Å². The SMILES string of the molecule is CC(N)C(=O)N1CCOC(c2ccccc2)C1. The molecule has 1 saturated heterocycles. The molecule has 0 aliphatic carbocycles. The third-order valence-electron chi connectivity index (χ3n) is 2.94. The van der Waals surface area contributed by atoms with Gasteiger partial charge in [-0.1, -0.05) is 30.3 Å². The van der Waals surface area contributed by atoms with Gasteiger partial charge in [0.2, 0.25) is 5.91 Å². The van der Waals surface area contributed by atoms with E-state index in [1.807, 2.05) is 30.3 Å². The lowest BCUT2D eigenvalue weighted by Gasteiger charge is -2.34. The molecule has 1 aliphatic rings. The zero-order valence-corrected chi connectivity index (χ0v) is 10.0. The zero-order chi connectivity index (χ0) is 12.3. The van der Waals surface area contributed by atoms with Crippen molar-refractivity contribution >= 4 is 5.91 Å². The summed E-state index contributed by atoms with van der Waals surface area (Å²) >= 11 is 0. The first-order chi connectivity index (χ1) is 8.18. The lowest BCUT2D eigenvalue weighted by Crippen LogP contribution is -2.48. The van der Waals surface area contributed by atoms with Crippen LogP contribution >= 0.6 is 0 Å². The van der Waals surface area contributed by atoms with Gasteiger partial charge in [0, 0.05) is 6.54 Å². The number of ether oxygens (including phenoxy) is 1. The van der Waals surface area contributed by atoms with Crippen molar-refractivity contribution in [3.05, 3.63) is 35.9 Å². The van der Waals surface area contributed by atoms with E-state index in [9.17, 15) is 4.79 Å². The van der Waals surface area contributed by atoms with Crippen LogP contribution in [0, 0.1) is 0 Å². The van der Waals surface area contributed by atoms with E-state index < -0.39 is 6.04 Å². The van der Waals surface area contributed by atoms with Crippen molar-refractivity contribution in [1.82, 2.24) is 4.90 Å². The minimum atomic E-state index is -0.440. The van der Waals surface area contributed by atoms with E-state index in [1.54, 1.807) is 11.8 Å². The van der Waals surface area contributed by atoms with Gasteiger partial charge in [0.25, 0.3) is 0 Å². The fourth-order valence-corrected chi connectivity index (χ4v) is 2.01. The summed E-state index contributed by atoms with van der Waals surface area (Å²) in [6.45, 7) is 3.50. The molecule has 1 fully saturated rings. The van der Waals surface area contributed by atoms with Crippen molar-refractivity contribution in [2.45, 2.75) is 19.1 Å². The number of rotatable bonds is 2. The van der Waals surface area contributed by atoms with E-state index in [2.05, 4.69) is 0 Å². The summed E-state index contributed by atoms with van der Waals surface area (Å²) in [5.41, 5.74) is 6.73. The number of nitrogens with two attached hydrogens (primary N) is 1. The molecule has 2 N–H and O–H groups in total. The Kier molecular flexibility index (Phi) is 3.76. The first-order valence-corrected chi connectivity index (χ1v) is 5.89. The second-order valence-corrected chi connectivity index (χ2v) is 4.34. The average molecular weight is 234 g/mol. The van der Waals surface area contributed by atoms with Crippen LogP contribution in [0.5, 0.6) is 0 Å². The summed E-state index contributed by atoms with van der Waals surface area (Å²) in [6, 6.07) is 9.52. The van der Waals surface area contributed by atoms with E-state index >= 15 is 0 Å². The van der Waals surface area contributed by atoms with Crippen LogP contribution in [0.25, 0.3) is 0 Å². The van der Waals surface area contributed by atoms with Gasteiger partial charge >= 0.3 is 0 Å². The van der Waals surface area contributed by atoms with Crippen LogP contribution in [0.2, 0.25) is 0 Å². The highest BCUT2D eigenvalue weighted by molar-refractivity contribution is 5.81. The second-order valence-electron chi connectivity index (χ2n) is 4.34. The Hall–Kier alpha value is -1.39. The summed E-state index contributed by atoms with van der Waals surface area (Å²) in [7, 11) is 0. The average Bonchev–Trinajstić information content (AvgIpc) is 2.39. The number of hydrogen-bond donors (Lipinski definition) is 1. The van der Waals surface area contributed by atoms with E-state index in [-0.39, 0.29) is 12.0 Å². The molecule has 0 spiro atoms. The third-order valence-corrected chi connectivity index (χ3v) is 2.94. The molecule has 2 rings (SSSR count). The number of amides is 1. The molecule has 0 bridgehead atoms. The number of morpholine rings is 1. The topological polar surface area (TPSA) is 55.6 Å². The molecule has 1 aromatic carbocycles. The number of benzene rings is 1. The summed E-state index contributed by atoms with van der Waals surface area (Å²) < 4.78 is 5.69. The molecule has 17 heavy (non-hydrogen) atoms. The molecule has 0 aromatic heterocycles. The van der Waals surface area contributed by atoms with Gasteiger partial charge < -0.3 is 15.4 Å². The lowest BCUT2D eigenvalue weighted by atomic mass is 10.1. The molecule has 2 atom stereocenters. The normalized spacial score (nSPS) is 22.2. The molecule has 1 aliphatic heterocycles. The smallest absolute Gasteiger partial charge is 0.239 e. The van der Waals surface area contributed by atoms with Crippen LogP contribution in [0.15, 0.2) is 30.3 Å². The van der Waals surface area contributed by atoms with Crippen molar-refractivity contribution in [2.24, 2.45) is 5.73 Å². The Morgan fingerprint density at radius 3 is 2.82 bits per heavy atom. The molecule has 1 heterocycles. The molecular formula is C13H18N2O2. The van der Waals surface area contributed by atoms with Crippen LogP contribution in [-0.2, 0) is 9.53 Å². The van der Waals surface area contributed by atoms with Gasteiger partial charge in [0.1, 0.15) is 6.10 Å². The highest BCUT2D eigenvalue weighted by atomic mass is 16.5. The van der Waals surface area contributed by atoms with Crippen molar-refractivity contribution in [1.29, 1.82) is 0 Å². The van der Waals surface area contributed by atoms with Gasteiger partial charge in [-0.3, -0.25) is 4.79 Å². The standard InChI is InChI=1S/C13H18N2O2/c1-10(14)13(16)15-7-8-17-12(9-15)11-5-3-2-4-6-11/h2-6,10,12H,7-9,14H2,1H3. The molecule has 0 radical (unpaired) electrons. The molecule has 92 valence electrons. The Bertz CT molecular complexity index is 378. The molecule has 1 amide bonds. The van der Waals surface area contributed by atoms with Gasteiger partial charge in [-0.25, -0.2) is 0 Å². The van der Waals surface area contributed by atoms with Gasteiger partial charge in [0.05, 0.1) is 19.2 Å².